The van der Waals surface area contributed by atoms with Gasteiger partial charge in [0.25, 0.3) is 0 Å². The lowest BCUT2D eigenvalue weighted by Crippen LogP contribution is -1.97. The third-order valence-corrected chi connectivity index (χ3v) is 1.37. The van der Waals surface area contributed by atoms with Gasteiger partial charge in [0, 0.05) is 0 Å². The summed E-state index contributed by atoms with van der Waals surface area (Å²) in [5.74, 6) is 6.20. The van der Waals surface area contributed by atoms with E-state index < -0.39 is 0 Å². The Kier molecular flexibility index (Phi) is 4.07. The minimum Gasteiger partial charge on any atom is -0.463 e. The second-order valence-corrected chi connectivity index (χ2v) is 2.54. The van der Waals surface area contributed by atoms with Crippen LogP contribution in [0.25, 0.3) is 0 Å². The smallest absolute Gasteiger partial charge is 0.233 e. The number of aryl methyl sites for hydroxylation is 1. The van der Waals surface area contributed by atoms with Crippen LogP contribution in [0, 0.1) is 18.8 Å². The molecule has 0 bridgehead atoms. The molecule has 0 aliphatic heterocycles. The summed E-state index contributed by atoms with van der Waals surface area (Å²) in [5, 5.41) is 0. The fraction of sp³-hybridized carbons (Fsp3) is 0.333. The molecule has 0 aliphatic carbocycles. The summed E-state index contributed by atoms with van der Waals surface area (Å²) in [4.78, 5) is 8.01. The summed E-state index contributed by atoms with van der Waals surface area (Å²) in [5.41, 5.74) is 0.860. The molecule has 3 nitrogen and oxygen atoms in total. The molecule has 0 atom stereocenters. The van der Waals surface area contributed by atoms with Crippen molar-refractivity contribution in [1.82, 2.24) is 9.97 Å². The van der Waals surface area contributed by atoms with E-state index in [0.29, 0.717) is 18.4 Å². The van der Waals surface area contributed by atoms with E-state index in [1.807, 2.05) is 6.92 Å². The number of alkyl halides is 1. The molecule has 0 unspecified atom stereocenters. The number of ether oxygens (including phenoxy) is 1. The van der Waals surface area contributed by atoms with Crippen LogP contribution in [0.3, 0.4) is 0 Å². The second-order valence-electron chi connectivity index (χ2n) is 2.27. The molecule has 1 aromatic heterocycles. The van der Waals surface area contributed by atoms with Crippen molar-refractivity contribution in [1.29, 1.82) is 0 Å². The summed E-state index contributed by atoms with van der Waals surface area (Å²) >= 11 is 5.35. The molecule has 1 rings (SSSR count). The Labute approximate surface area is 82.1 Å². The normalized spacial score (nSPS) is 8.77. The molecule has 0 aromatic carbocycles. The molecule has 1 heterocycles. The van der Waals surface area contributed by atoms with Crippen molar-refractivity contribution in [3.05, 3.63) is 18.1 Å². The number of hydrogen-bond donors (Lipinski definition) is 0. The molecule has 0 N–H and O–H groups in total. The van der Waals surface area contributed by atoms with Crippen LogP contribution < -0.4 is 4.74 Å². The van der Waals surface area contributed by atoms with Gasteiger partial charge in [-0.2, -0.15) is 0 Å². The van der Waals surface area contributed by atoms with Crippen molar-refractivity contribution < 1.29 is 4.74 Å². The maximum atomic E-state index is 5.35. The molecule has 0 saturated heterocycles. The molecule has 0 aliphatic rings. The van der Waals surface area contributed by atoms with Gasteiger partial charge in [-0.15, -0.1) is 11.6 Å². The number of hydrogen-bond acceptors (Lipinski definition) is 3. The lowest BCUT2D eigenvalue weighted by Gasteiger charge is -1.98. The Morgan fingerprint density at radius 3 is 2.85 bits per heavy atom. The molecule has 1 aromatic rings. The lowest BCUT2D eigenvalue weighted by atomic mass is 10.5. The summed E-state index contributed by atoms with van der Waals surface area (Å²) < 4.78 is 5.16. The highest BCUT2D eigenvalue weighted by Crippen LogP contribution is 2.01. The van der Waals surface area contributed by atoms with Crippen LogP contribution in [0.15, 0.2) is 12.4 Å². The Hall–Kier alpha value is -1.27. The molecule has 0 amide bonds. The summed E-state index contributed by atoms with van der Waals surface area (Å²) in [6.45, 7) is 2.16. The van der Waals surface area contributed by atoms with Crippen molar-refractivity contribution in [2.75, 3.05) is 12.5 Å². The van der Waals surface area contributed by atoms with Gasteiger partial charge in [0.15, 0.2) is 6.61 Å². The van der Waals surface area contributed by atoms with Gasteiger partial charge >= 0.3 is 0 Å². The summed E-state index contributed by atoms with van der Waals surface area (Å²) in [7, 11) is 0. The molecule has 68 valence electrons. The van der Waals surface area contributed by atoms with Crippen LogP contribution in [0.5, 0.6) is 5.88 Å². The van der Waals surface area contributed by atoms with E-state index >= 15 is 0 Å². The average molecular weight is 197 g/mol. The van der Waals surface area contributed by atoms with Crippen LogP contribution in [-0.2, 0) is 0 Å². The lowest BCUT2D eigenvalue weighted by molar-refractivity contribution is 0.353. The van der Waals surface area contributed by atoms with Crippen molar-refractivity contribution in [2.45, 2.75) is 6.92 Å². The highest BCUT2D eigenvalue weighted by atomic mass is 35.5. The Bertz CT molecular complexity index is 313. The fourth-order valence-corrected chi connectivity index (χ4v) is 0.758. The van der Waals surface area contributed by atoms with E-state index in [1.165, 1.54) is 0 Å². The predicted molar refractivity (Wildman–Crippen MR) is 50.8 cm³/mol. The largest absolute Gasteiger partial charge is 0.463 e. The van der Waals surface area contributed by atoms with Gasteiger partial charge in [0.2, 0.25) is 5.88 Å². The van der Waals surface area contributed by atoms with Gasteiger partial charge in [-0.1, -0.05) is 11.8 Å². The summed E-state index contributed by atoms with van der Waals surface area (Å²) in [6.07, 6.45) is 3.21. The zero-order chi connectivity index (χ0) is 9.52. The fourth-order valence-electron chi connectivity index (χ4n) is 0.664. The Morgan fingerprint density at radius 2 is 2.23 bits per heavy atom. The second kappa shape index (κ2) is 5.39. The highest BCUT2D eigenvalue weighted by Gasteiger charge is 1.92. The van der Waals surface area contributed by atoms with E-state index in [1.54, 1.807) is 12.4 Å². The molecule has 4 heteroatoms. The average Bonchev–Trinajstić information content (AvgIpc) is 2.15. The van der Waals surface area contributed by atoms with Crippen molar-refractivity contribution in [3.8, 4) is 17.7 Å². The van der Waals surface area contributed by atoms with Crippen molar-refractivity contribution in [3.63, 3.8) is 0 Å². The zero-order valence-corrected chi connectivity index (χ0v) is 8.01. The van der Waals surface area contributed by atoms with E-state index in [9.17, 15) is 0 Å². The Morgan fingerprint density at radius 1 is 1.38 bits per heavy atom. The first-order chi connectivity index (χ1) is 6.33. The molecular weight excluding hydrogens is 188 g/mol. The quantitative estimate of drug-likeness (QED) is 0.530. The van der Waals surface area contributed by atoms with Gasteiger partial charge in [-0.3, -0.25) is 4.98 Å². The maximum absolute atomic E-state index is 5.35. The predicted octanol–water partition coefficient (Wildman–Crippen LogP) is 1.41. The zero-order valence-electron chi connectivity index (χ0n) is 7.25. The standard InChI is InChI=1S/C9H9ClN2O/c1-8-6-12-9(7-11-8)13-5-3-2-4-10/h6-7H,4-5H2,1H3. The first-order valence-corrected chi connectivity index (χ1v) is 4.29. The van der Waals surface area contributed by atoms with Gasteiger partial charge in [0.05, 0.1) is 24.0 Å². The van der Waals surface area contributed by atoms with Gasteiger partial charge in [-0.25, -0.2) is 4.98 Å². The third kappa shape index (κ3) is 3.77. The molecule has 0 radical (unpaired) electrons. The minimum absolute atomic E-state index is 0.296. The third-order valence-electron chi connectivity index (χ3n) is 1.24. The van der Waals surface area contributed by atoms with Crippen molar-refractivity contribution in [2.24, 2.45) is 0 Å². The first-order valence-electron chi connectivity index (χ1n) is 3.76. The highest BCUT2D eigenvalue weighted by molar-refractivity contribution is 6.19. The van der Waals surface area contributed by atoms with Crippen LogP contribution >= 0.6 is 11.6 Å². The number of halogens is 1. The summed E-state index contributed by atoms with van der Waals surface area (Å²) in [6, 6.07) is 0. The maximum Gasteiger partial charge on any atom is 0.233 e. The molecule has 0 saturated carbocycles. The van der Waals surface area contributed by atoms with Crippen LogP contribution in [0.4, 0.5) is 0 Å². The van der Waals surface area contributed by atoms with E-state index in [2.05, 4.69) is 21.8 Å². The number of rotatable bonds is 2. The monoisotopic (exact) mass is 196 g/mol. The topological polar surface area (TPSA) is 35.0 Å². The Balaban J connectivity index is 2.41. The first kappa shape index (κ1) is 9.82. The van der Waals surface area contributed by atoms with Crippen molar-refractivity contribution >= 4 is 11.6 Å². The SMILES string of the molecule is Cc1cnc(OCC#CCCl)cn1. The molecule has 0 fully saturated rings. The van der Waals surface area contributed by atoms with Gasteiger partial charge < -0.3 is 4.74 Å². The number of aromatic nitrogens is 2. The van der Waals surface area contributed by atoms with Crippen LogP contribution in [0.2, 0.25) is 0 Å². The van der Waals surface area contributed by atoms with Crippen LogP contribution in [-0.4, -0.2) is 22.5 Å². The van der Waals surface area contributed by atoms with E-state index in [4.69, 9.17) is 16.3 Å². The van der Waals surface area contributed by atoms with E-state index in [0.717, 1.165) is 5.69 Å². The molecular formula is C9H9ClN2O. The molecule has 13 heavy (non-hydrogen) atoms. The molecule has 0 spiro atoms. The minimum atomic E-state index is 0.296. The number of nitrogens with zero attached hydrogens (tertiary/aromatic N) is 2. The van der Waals surface area contributed by atoms with Gasteiger partial charge in [-0.05, 0) is 6.92 Å². The van der Waals surface area contributed by atoms with Gasteiger partial charge in [0.1, 0.15) is 0 Å². The van der Waals surface area contributed by atoms with E-state index in [-0.39, 0.29) is 0 Å². The van der Waals surface area contributed by atoms with Crippen LogP contribution in [0.1, 0.15) is 5.69 Å².